The number of esters is 2. The molecule has 3 atom stereocenters. The van der Waals surface area contributed by atoms with Gasteiger partial charge in [-0.1, -0.05) is 90.4 Å². The molecule has 0 aromatic carbocycles. The highest BCUT2D eigenvalue weighted by atomic mass is 16.8. The number of aliphatic hydroxyl groups excluding tert-OH is 2. The zero-order valence-electron chi connectivity index (χ0n) is 18.9. The Morgan fingerprint density at radius 3 is 1.90 bits per heavy atom. The predicted molar refractivity (Wildman–Crippen MR) is 114 cm³/mol. The summed E-state index contributed by atoms with van der Waals surface area (Å²) < 4.78 is 15.4. The zero-order chi connectivity index (χ0) is 22.2. The number of ether oxygens (including phenoxy) is 3. The molecule has 0 amide bonds. The first-order valence-corrected chi connectivity index (χ1v) is 11.8. The van der Waals surface area contributed by atoms with Crippen molar-refractivity contribution in [1.82, 2.24) is 0 Å². The van der Waals surface area contributed by atoms with E-state index in [1.165, 1.54) is 71.1 Å². The fraction of sp³-hybridized carbons (Fsp3) is 0.913. The molecular weight excluding hydrogens is 388 g/mol. The van der Waals surface area contributed by atoms with Gasteiger partial charge in [0.05, 0.1) is 6.61 Å². The fourth-order valence-electron chi connectivity index (χ4n) is 3.62. The van der Waals surface area contributed by atoms with E-state index in [2.05, 4.69) is 6.92 Å². The molecule has 30 heavy (non-hydrogen) atoms. The van der Waals surface area contributed by atoms with Crippen LogP contribution >= 0.6 is 0 Å². The van der Waals surface area contributed by atoms with Crippen molar-refractivity contribution in [1.29, 1.82) is 0 Å². The molecule has 7 heteroatoms. The average Bonchev–Trinajstić information content (AvgIpc) is 3.42. The number of aliphatic hydroxyl groups is 2. The van der Waals surface area contributed by atoms with Gasteiger partial charge in [-0.3, -0.25) is 4.79 Å². The lowest BCUT2D eigenvalue weighted by molar-refractivity contribution is -0.182. The van der Waals surface area contributed by atoms with Crippen LogP contribution in [0.5, 0.6) is 0 Å². The normalized spacial score (nSPS) is 21.3. The highest BCUT2D eigenvalue weighted by Gasteiger charge is 2.67. The molecule has 3 unspecified atom stereocenters. The third-order valence-corrected chi connectivity index (χ3v) is 5.45. The van der Waals surface area contributed by atoms with E-state index >= 15 is 0 Å². The summed E-state index contributed by atoms with van der Waals surface area (Å²) in [6.07, 6.45) is 15.3. The van der Waals surface area contributed by atoms with Gasteiger partial charge in [0.1, 0.15) is 18.8 Å². The van der Waals surface area contributed by atoms with Gasteiger partial charge in [0.25, 0.3) is 0 Å². The highest BCUT2D eigenvalue weighted by molar-refractivity contribution is 5.84. The average molecular weight is 431 g/mol. The van der Waals surface area contributed by atoms with Gasteiger partial charge in [0, 0.05) is 6.92 Å². The Bertz CT molecular complexity index is 482. The lowest BCUT2D eigenvalue weighted by Crippen LogP contribution is -2.36. The molecule has 0 bridgehead atoms. The summed E-state index contributed by atoms with van der Waals surface area (Å²) >= 11 is 0. The van der Waals surface area contributed by atoms with E-state index in [-0.39, 0.29) is 6.61 Å². The molecule has 0 radical (unpaired) electrons. The van der Waals surface area contributed by atoms with Crippen LogP contribution in [0.1, 0.15) is 104 Å². The first-order chi connectivity index (χ1) is 14.5. The number of hydrogen-bond acceptors (Lipinski definition) is 7. The van der Waals surface area contributed by atoms with Crippen molar-refractivity contribution in [2.24, 2.45) is 0 Å². The van der Waals surface area contributed by atoms with E-state index in [4.69, 9.17) is 19.3 Å². The first kappa shape index (κ1) is 26.9. The van der Waals surface area contributed by atoms with Crippen LogP contribution in [0.4, 0.5) is 0 Å². The fourth-order valence-corrected chi connectivity index (χ4v) is 3.62. The molecule has 0 aromatic rings. The van der Waals surface area contributed by atoms with Crippen molar-refractivity contribution in [3.05, 3.63) is 0 Å². The van der Waals surface area contributed by atoms with Crippen molar-refractivity contribution >= 4 is 11.9 Å². The number of epoxide rings is 1. The van der Waals surface area contributed by atoms with Gasteiger partial charge in [0.2, 0.25) is 0 Å². The summed E-state index contributed by atoms with van der Waals surface area (Å²) in [5, 5.41) is 18.1. The Labute approximate surface area is 181 Å². The van der Waals surface area contributed by atoms with Gasteiger partial charge < -0.3 is 24.4 Å². The second-order valence-electron chi connectivity index (χ2n) is 8.33. The number of carbonyl (C=O) groups is 2. The lowest BCUT2D eigenvalue weighted by Gasteiger charge is -2.14. The Balaban J connectivity index is 2.09. The van der Waals surface area contributed by atoms with Crippen molar-refractivity contribution in [3.8, 4) is 0 Å². The zero-order valence-corrected chi connectivity index (χ0v) is 18.9. The summed E-state index contributed by atoms with van der Waals surface area (Å²) in [6, 6.07) is 0. The molecule has 0 spiro atoms. The van der Waals surface area contributed by atoms with Gasteiger partial charge in [-0.15, -0.1) is 0 Å². The van der Waals surface area contributed by atoms with Gasteiger partial charge in [-0.2, -0.15) is 0 Å². The molecule has 0 aromatic heterocycles. The van der Waals surface area contributed by atoms with Crippen molar-refractivity contribution in [3.63, 3.8) is 0 Å². The minimum Gasteiger partial charge on any atom is -0.458 e. The minimum atomic E-state index is -1.68. The van der Waals surface area contributed by atoms with Crippen LogP contribution in [0, 0.1) is 0 Å². The van der Waals surface area contributed by atoms with E-state index in [0.29, 0.717) is 6.42 Å². The Kier molecular flexibility index (Phi) is 14.0. The molecule has 176 valence electrons. The van der Waals surface area contributed by atoms with Crippen LogP contribution in [0.2, 0.25) is 0 Å². The topological polar surface area (TPSA) is 106 Å². The molecule has 1 rings (SSSR count). The Morgan fingerprint density at radius 2 is 1.43 bits per heavy atom. The van der Waals surface area contributed by atoms with Crippen LogP contribution in [-0.2, 0) is 23.8 Å². The maximum atomic E-state index is 12.2. The molecule has 0 aliphatic carbocycles. The third kappa shape index (κ3) is 10.7. The summed E-state index contributed by atoms with van der Waals surface area (Å²) in [5.74, 6) is -3.13. The minimum absolute atomic E-state index is 0.368. The van der Waals surface area contributed by atoms with Crippen molar-refractivity contribution in [2.75, 3.05) is 13.2 Å². The van der Waals surface area contributed by atoms with Crippen molar-refractivity contribution in [2.45, 2.75) is 122 Å². The predicted octanol–water partition coefficient (Wildman–Crippen LogP) is 4.02. The molecule has 7 nitrogen and oxygen atoms in total. The third-order valence-electron chi connectivity index (χ3n) is 5.45. The lowest BCUT2D eigenvalue weighted by atomic mass is 10.0. The van der Waals surface area contributed by atoms with E-state index in [9.17, 15) is 14.7 Å². The Hall–Kier alpha value is -1.18. The molecule has 2 N–H and O–H groups in total. The van der Waals surface area contributed by atoms with Crippen molar-refractivity contribution < 1.29 is 34.0 Å². The summed E-state index contributed by atoms with van der Waals surface area (Å²) in [4.78, 5) is 23.5. The van der Waals surface area contributed by atoms with Gasteiger partial charge in [0.15, 0.2) is 0 Å². The second kappa shape index (κ2) is 15.6. The summed E-state index contributed by atoms with van der Waals surface area (Å²) in [7, 11) is 0. The van der Waals surface area contributed by atoms with Crippen LogP contribution in [0.25, 0.3) is 0 Å². The van der Waals surface area contributed by atoms with E-state index in [1.807, 2.05) is 0 Å². The van der Waals surface area contributed by atoms with Crippen LogP contribution in [-0.4, -0.2) is 53.4 Å². The van der Waals surface area contributed by atoms with Gasteiger partial charge in [-0.05, 0) is 6.42 Å². The van der Waals surface area contributed by atoms with Gasteiger partial charge in [-0.25, -0.2) is 4.79 Å². The molecule has 1 fully saturated rings. The SMILES string of the molecule is CCCCCCCCCCCCCCCC1OC1(OC(C)=O)C(=O)OCC(O)CO. The van der Waals surface area contributed by atoms with E-state index < -0.39 is 36.5 Å². The summed E-state index contributed by atoms with van der Waals surface area (Å²) in [6.45, 7) is 2.57. The Morgan fingerprint density at radius 1 is 0.933 bits per heavy atom. The van der Waals surface area contributed by atoms with Gasteiger partial charge >= 0.3 is 17.7 Å². The monoisotopic (exact) mass is 430 g/mol. The molecule has 1 heterocycles. The first-order valence-electron chi connectivity index (χ1n) is 11.8. The second-order valence-corrected chi connectivity index (χ2v) is 8.33. The van der Waals surface area contributed by atoms with E-state index in [1.54, 1.807) is 0 Å². The van der Waals surface area contributed by atoms with Crippen LogP contribution in [0.15, 0.2) is 0 Å². The highest BCUT2D eigenvalue weighted by Crippen LogP contribution is 2.42. The summed E-state index contributed by atoms with van der Waals surface area (Å²) in [5.41, 5.74) is 0. The number of rotatable bonds is 19. The molecule has 1 aliphatic rings. The van der Waals surface area contributed by atoms with Crippen LogP contribution in [0.3, 0.4) is 0 Å². The molecule has 0 saturated carbocycles. The number of hydrogen-bond donors (Lipinski definition) is 2. The standard InChI is InChI=1S/C23H42O7/c1-3-4-5-6-7-8-9-10-11-12-13-14-15-16-21-23(30-21,29-19(2)25)22(27)28-18-20(26)17-24/h20-21,24,26H,3-18H2,1-2H3. The smallest absolute Gasteiger partial charge is 0.382 e. The van der Waals surface area contributed by atoms with Crippen LogP contribution < -0.4 is 0 Å². The maximum Gasteiger partial charge on any atom is 0.382 e. The van der Waals surface area contributed by atoms with E-state index in [0.717, 1.165) is 19.3 Å². The quantitative estimate of drug-likeness (QED) is 0.181. The molecule has 1 saturated heterocycles. The largest absolute Gasteiger partial charge is 0.458 e. The number of carbonyl (C=O) groups excluding carboxylic acids is 2. The number of unbranched alkanes of at least 4 members (excludes halogenated alkanes) is 12. The molecular formula is C23H42O7. The maximum absolute atomic E-state index is 12.2. The molecule has 1 aliphatic heterocycles.